The van der Waals surface area contributed by atoms with Gasteiger partial charge in [-0.1, -0.05) is 30.3 Å². The van der Waals surface area contributed by atoms with E-state index < -0.39 is 0 Å². The Labute approximate surface area is 153 Å². The third-order valence-electron chi connectivity index (χ3n) is 3.81. The van der Waals surface area contributed by atoms with Gasteiger partial charge in [0.05, 0.1) is 10.6 Å². The van der Waals surface area contributed by atoms with E-state index in [-0.39, 0.29) is 5.88 Å². The number of benzene rings is 2. The summed E-state index contributed by atoms with van der Waals surface area (Å²) in [5, 5.41) is 9.88. The summed E-state index contributed by atoms with van der Waals surface area (Å²) in [7, 11) is 0. The number of nitrogens with one attached hydrogen (secondary N) is 1. The van der Waals surface area contributed by atoms with Gasteiger partial charge in [0.15, 0.2) is 3.95 Å². The highest BCUT2D eigenvalue weighted by atomic mass is 32.1. The lowest BCUT2D eigenvalue weighted by molar-refractivity contribution is 0.306. The summed E-state index contributed by atoms with van der Waals surface area (Å²) in [6.07, 6.45) is 3.66. The second-order valence-corrected chi connectivity index (χ2v) is 7.26. The molecule has 2 heterocycles. The van der Waals surface area contributed by atoms with E-state index in [1.54, 1.807) is 6.21 Å². The van der Waals surface area contributed by atoms with Crippen LogP contribution in [0.4, 0.5) is 5.69 Å². The molecule has 6 heteroatoms. The molecule has 0 amide bonds. The molecule has 0 saturated heterocycles. The average Bonchev–Trinajstić information content (AvgIpc) is 3.17. The fourth-order valence-electron chi connectivity index (χ4n) is 2.58. The summed E-state index contributed by atoms with van der Waals surface area (Å²) < 4.78 is 6.43. The van der Waals surface area contributed by atoms with Crippen molar-refractivity contribution in [2.75, 3.05) is 0 Å². The van der Waals surface area contributed by atoms with Crippen molar-refractivity contribution in [1.82, 2.24) is 4.98 Å². The van der Waals surface area contributed by atoms with E-state index in [9.17, 15) is 5.11 Å². The standard InChI is InChI=1S/C19H14N2O2S2/c22-18-17(25-19(24)21-18)8-13-10-20-16-7-6-14(9-15(13)16)23-11-12-4-2-1-3-5-12/h1-10,22H,11H2,(H,21,24)/b13-8-. The molecule has 0 saturated carbocycles. The number of ether oxygens (including phenoxy) is 1. The minimum atomic E-state index is 0.0841. The zero-order valence-corrected chi connectivity index (χ0v) is 14.7. The molecular formula is C19H14N2O2S2. The first kappa shape index (κ1) is 15.8. The number of fused-ring (bicyclic) bond motifs is 1. The highest BCUT2D eigenvalue weighted by Crippen LogP contribution is 2.37. The summed E-state index contributed by atoms with van der Waals surface area (Å²) in [4.78, 5) is 7.83. The second kappa shape index (κ2) is 6.66. The SMILES string of the molecule is Oc1[nH]c(=S)sc1/C=C1/C=Nc2ccc(OCc3ccccc3)cc21. The maximum absolute atomic E-state index is 9.88. The maximum Gasteiger partial charge on any atom is 0.207 e. The van der Waals surface area contributed by atoms with Crippen LogP contribution in [0.25, 0.3) is 11.6 Å². The van der Waals surface area contributed by atoms with Crippen LogP contribution in [0.3, 0.4) is 0 Å². The van der Waals surface area contributed by atoms with Crippen molar-refractivity contribution >= 4 is 47.1 Å². The Hall–Kier alpha value is -2.70. The van der Waals surface area contributed by atoms with Gasteiger partial charge in [-0.05, 0) is 42.1 Å². The molecule has 0 atom stereocenters. The van der Waals surface area contributed by atoms with Crippen LogP contribution in [0.15, 0.2) is 53.5 Å². The van der Waals surface area contributed by atoms with Crippen LogP contribution in [-0.2, 0) is 6.61 Å². The Morgan fingerprint density at radius 2 is 2.04 bits per heavy atom. The van der Waals surface area contributed by atoms with Crippen molar-refractivity contribution in [3.8, 4) is 11.6 Å². The molecule has 124 valence electrons. The second-order valence-electron chi connectivity index (χ2n) is 5.54. The number of hydrogen-bond acceptors (Lipinski definition) is 5. The molecule has 1 aromatic heterocycles. The fraction of sp³-hybridized carbons (Fsp3) is 0.0526. The van der Waals surface area contributed by atoms with E-state index in [0.29, 0.717) is 15.4 Å². The maximum atomic E-state index is 9.88. The summed E-state index contributed by atoms with van der Waals surface area (Å²) in [5.74, 6) is 0.866. The van der Waals surface area contributed by atoms with Crippen LogP contribution in [0.1, 0.15) is 16.0 Å². The number of aromatic nitrogens is 1. The van der Waals surface area contributed by atoms with Gasteiger partial charge in [-0.25, -0.2) is 0 Å². The first-order chi connectivity index (χ1) is 12.2. The summed E-state index contributed by atoms with van der Waals surface area (Å²) >= 11 is 6.39. The van der Waals surface area contributed by atoms with Crippen molar-refractivity contribution in [3.63, 3.8) is 0 Å². The molecule has 4 rings (SSSR count). The first-order valence-electron chi connectivity index (χ1n) is 7.68. The van der Waals surface area contributed by atoms with Crippen LogP contribution in [0.5, 0.6) is 11.6 Å². The van der Waals surface area contributed by atoms with Crippen molar-refractivity contribution < 1.29 is 9.84 Å². The van der Waals surface area contributed by atoms with E-state index in [0.717, 1.165) is 28.1 Å². The van der Waals surface area contributed by atoms with Gasteiger partial charge in [0, 0.05) is 17.4 Å². The molecule has 0 spiro atoms. The molecule has 4 nitrogen and oxygen atoms in total. The van der Waals surface area contributed by atoms with E-state index >= 15 is 0 Å². The smallest absolute Gasteiger partial charge is 0.207 e. The molecule has 3 aromatic rings. The van der Waals surface area contributed by atoms with Gasteiger partial charge in [0.25, 0.3) is 0 Å². The molecule has 2 aromatic carbocycles. The minimum Gasteiger partial charge on any atom is -0.494 e. The molecule has 1 aliphatic rings. The molecule has 1 aliphatic heterocycles. The Morgan fingerprint density at radius 3 is 2.80 bits per heavy atom. The number of nitrogens with zero attached hydrogens (tertiary/aromatic N) is 1. The quantitative estimate of drug-likeness (QED) is 0.612. The van der Waals surface area contributed by atoms with Crippen molar-refractivity contribution in [1.29, 1.82) is 0 Å². The third-order valence-corrected chi connectivity index (χ3v) is 4.98. The number of aromatic amines is 1. The van der Waals surface area contributed by atoms with Gasteiger partial charge < -0.3 is 14.8 Å². The van der Waals surface area contributed by atoms with Crippen molar-refractivity contribution in [3.05, 3.63) is 68.5 Å². The van der Waals surface area contributed by atoms with E-state index in [1.165, 1.54) is 11.3 Å². The van der Waals surface area contributed by atoms with Crippen molar-refractivity contribution in [2.24, 2.45) is 4.99 Å². The monoisotopic (exact) mass is 366 g/mol. The van der Waals surface area contributed by atoms with Crippen LogP contribution in [-0.4, -0.2) is 16.3 Å². The lowest BCUT2D eigenvalue weighted by Gasteiger charge is -2.08. The van der Waals surface area contributed by atoms with Gasteiger partial charge in [-0.3, -0.25) is 4.99 Å². The van der Waals surface area contributed by atoms with Gasteiger partial charge in [0.1, 0.15) is 12.4 Å². The zero-order valence-electron chi connectivity index (χ0n) is 13.1. The minimum absolute atomic E-state index is 0.0841. The Balaban J connectivity index is 1.60. The predicted octanol–water partition coefficient (Wildman–Crippen LogP) is 5.35. The molecule has 25 heavy (non-hydrogen) atoms. The van der Waals surface area contributed by atoms with E-state index in [4.69, 9.17) is 17.0 Å². The van der Waals surface area contributed by atoms with Crippen molar-refractivity contribution in [2.45, 2.75) is 6.61 Å². The van der Waals surface area contributed by atoms with Crippen LogP contribution >= 0.6 is 23.6 Å². The number of aliphatic imine (C=N–C) groups is 1. The predicted molar refractivity (Wildman–Crippen MR) is 104 cm³/mol. The molecule has 0 radical (unpaired) electrons. The molecule has 2 N–H and O–H groups in total. The molecule has 0 unspecified atom stereocenters. The van der Waals surface area contributed by atoms with Crippen LogP contribution < -0.4 is 4.74 Å². The van der Waals surface area contributed by atoms with Gasteiger partial charge in [-0.15, -0.1) is 11.3 Å². The number of allylic oxidation sites excluding steroid dienone is 1. The molecule has 0 bridgehead atoms. The summed E-state index contributed by atoms with van der Waals surface area (Å²) in [5.41, 5.74) is 3.90. The fourth-order valence-corrected chi connectivity index (χ4v) is 3.63. The average molecular weight is 366 g/mol. The number of hydrogen-bond donors (Lipinski definition) is 2. The topological polar surface area (TPSA) is 57.6 Å². The molecular weight excluding hydrogens is 352 g/mol. The van der Waals surface area contributed by atoms with Crippen LogP contribution in [0.2, 0.25) is 0 Å². The van der Waals surface area contributed by atoms with Crippen LogP contribution in [0, 0.1) is 3.95 Å². The number of rotatable bonds is 4. The Morgan fingerprint density at radius 1 is 1.20 bits per heavy atom. The Bertz CT molecular complexity index is 1030. The molecule has 0 aliphatic carbocycles. The first-order valence-corrected chi connectivity index (χ1v) is 8.90. The summed E-state index contributed by atoms with van der Waals surface area (Å²) in [6, 6.07) is 15.9. The zero-order chi connectivity index (χ0) is 17.2. The lowest BCUT2D eigenvalue weighted by Crippen LogP contribution is -1.95. The number of H-pyrrole nitrogens is 1. The number of aromatic hydroxyl groups is 1. The normalized spacial score (nSPS) is 14.0. The largest absolute Gasteiger partial charge is 0.494 e. The van der Waals surface area contributed by atoms with E-state index in [2.05, 4.69) is 9.98 Å². The molecule has 0 fully saturated rings. The Kier molecular flexibility index (Phi) is 4.21. The van der Waals surface area contributed by atoms with E-state index in [1.807, 2.05) is 54.6 Å². The summed E-state index contributed by atoms with van der Waals surface area (Å²) in [6.45, 7) is 0.513. The number of thiazole rings is 1. The van der Waals surface area contributed by atoms with Gasteiger partial charge in [0.2, 0.25) is 5.88 Å². The highest BCUT2D eigenvalue weighted by molar-refractivity contribution is 7.73. The lowest BCUT2D eigenvalue weighted by atomic mass is 10.1. The van der Waals surface area contributed by atoms with Gasteiger partial charge >= 0.3 is 0 Å². The third kappa shape index (κ3) is 3.40. The van der Waals surface area contributed by atoms with Gasteiger partial charge in [-0.2, -0.15) is 0 Å². The highest BCUT2D eigenvalue weighted by Gasteiger charge is 2.15.